The van der Waals surface area contributed by atoms with E-state index in [0.717, 1.165) is 16.7 Å². The van der Waals surface area contributed by atoms with Crippen LogP contribution in [0, 0.1) is 0 Å². The normalized spacial score (nSPS) is 10.6. The van der Waals surface area contributed by atoms with Gasteiger partial charge in [0.15, 0.2) is 16.6 Å². The van der Waals surface area contributed by atoms with Gasteiger partial charge in [-0.2, -0.15) is 0 Å². The number of hydrogen-bond donors (Lipinski definition) is 2. The third kappa shape index (κ3) is 4.80. The molecule has 0 atom stereocenters. The minimum absolute atomic E-state index is 0.299. The van der Waals surface area contributed by atoms with Crippen LogP contribution in [-0.2, 0) is 0 Å². The smallest absolute Gasteiger partial charge is 0.325 e. The standard InChI is InChI=1S/C21H16Cl2N4O4S/c1-29-17-8-12-15(9-18(17)30-2)24-6-5-16(12)31-11-3-4-14(13(22)7-11)26-20(28)27-21-25-10-19(23)32-21/h3-10H,1-2H3,(H2,25,26,27,28). The number of benzene rings is 2. The van der Waals surface area contributed by atoms with E-state index in [2.05, 4.69) is 20.6 Å². The maximum atomic E-state index is 12.2. The van der Waals surface area contributed by atoms with Crippen molar-refractivity contribution >= 4 is 62.3 Å². The Balaban J connectivity index is 1.53. The molecule has 0 fully saturated rings. The van der Waals surface area contributed by atoms with Gasteiger partial charge < -0.3 is 19.5 Å². The minimum atomic E-state index is -0.493. The molecule has 8 nitrogen and oxygen atoms in total. The molecule has 0 spiro atoms. The van der Waals surface area contributed by atoms with Gasteiger partial charge in [0.25, 0.3) is 0 Å². The van der Waals surface area contributed by atoms with E-state index in [1.165, 1.54) is 6.20 Å². The fourth-order valence-electron chi connectivity index (χ4n) is 2.89. The molecule has 0 saturated heterocycles. The number of carbonyl (C=O) groups is 1. The number of hydrogen-bond acceptors (Lipinski definition) is 7. The Kier molecular flexibility index (Phi) is 6.50. The largest absolute Gasteiger partial charge is 0.493 e. The van der Waals surface area contributed by atoms with Crippen molar-refractivity contribution in [3.63, 3.8) is 0 Å². The van der Waals surface area contributed by atoms with Crippen LogP contribution >= 0.6 is 34.5 Å². The highest BCUT2D eigenvalue weighted by Crippen LogP contribution is 2.38. The highest BCUT2D eigenvalue weighted by molar-refractivity contribution is 7.19. The van der Waals surface area contributed by atoms with Crippen LogP contribution in [0.5, 0.6) is 23.0 Å². The molecule has 2 heterocycles. The molecule has 0 aliphatic carbocycles. The molecule has 0 saturated carbocycles. The lowest BCUT2D eigenvalue weighted by Crippen LogP contribution is -2.19. The van der Waals surface area contributed by atoms with Crippen molar-refractivity contribution < 1.29 is 19.0 Å². The fraction of sp³-hybridized carbons (Fsp3) is 0.0952. The minimum Gasteiger partial charge on any atom is -0.493 e. The first kappa shape index (κ1) is 21.9. The SMILES string of the molecule is COc1cc2nccc(Oc3ccc(NC(=O)Nc4ncc(Cl)s4)c(Cl)c3)c2cc1OC. The highest BCUT2D eigenvalue weighted by Gasteiger charge is 2.13. The second kappa shape index (κ2) is 9.47. The maximum Gasteiger partial charge on any atom is 0.325 e. The number of ether oxygens (including phenoxy) is 3. The molecule has 11 heteroatoms. The first-order valence-electron chi connectivity index (χ1n) is 9.14. The molecule has 2 aromatic heterocycles. The zero-order valence-electron chi connectivity index (χ0n) is 16.8. The quantitative estimate of drug-likeness (QED) is 0.322. The average Bonchev–Trinajstić information content (AvgIpc) is 3.19. The van der Waals surface area contributed by atoms with Crippen LogP contribution in [0.15, 0.2) is 48.8 Å². The Morgan fingerprint density at radius 3 is 2.44 bits per heavy atom. The zero-order valence-corrected chi connectivity index (χ0v) is 19.1. The zero-order chi connectivity index (χ0) is 22.7. The van der Waals surface area contributed by atoms with Crippen LogP contribution in [0.1, 0.15) is 0 Å². The van der Waals surface area contributed by atoms with Gasteiger partial charge in [-0.05, 0) is 24.3 Å². The number of carbonyl (C=O) groups excluding carboxylic acids is 1. The Labute approximate surface area is 197 Å². The second-order valence-electron chi connectivity index (χ2n) is 6.33. The number of amides is 2. The van der Waals surface area contributed by atoms with E-state index in [9.17, 15) is 4.79 Å². The lowest BCUT2D eigenvalue weighted by molar-refractivity contribution is 0.262. The van der Waals surface area contributed by atoms with Crippen molar-refractivity contribution in [2.24, 2.45) is 0 Å². The molecule has 0 radical (unpaired) electrons. The van der Waals surface area contributed by atoms with Gasteiger partial charge >= 0.3 is 6.03 Å². The van der Waals surface area contributed by atoms with E-state index in [-0.39, 0.29) is 0 Å². The molecule has 2 aromatic carbocycles. The molecule has 4 rings (SSSR count). The number of pyridine rings is 1. The van der Waals surface area contributed by atoms with Gasteiger partial charge in [0, 0.05) is 23.7 Å². The van der Waals surface area contributed by atoms with Crippen LogP contribution in [0.4, 0.5) is 15.6 Å². The van der Waals surface area contributed by atoms with Gasteiger partial charge in [-0.25, -0.2) is 9.78 Å². The molecule has 164 valence electrons. The highest BCUT2D eigenvalue weighted by atomic mass is 35.5. The molecule has 4 aromatic rings. The van der Waals surface area contributed by atoms with E-state index in [0.29, 0.717) is 48.7 Å². The van der Waals surface area contributed by atoms with Gasteiger partial charge in [-0.1, -0.05) is 34.5 Å². The first-order valence-corrected chi connectivity index (χ1v) is 10.7. The Hall–Kier alpha value is -3.27. The van der Waals surface area contributed by atoms with Crippen molar-refractivity contribution in [2.45, 2.75) is 0 Å². The van der Waals surface area contributed by atoms with E-state index in [4.69, 9.17) is 37.4 Å². The summed E-state index contributed by atoms with van der Waals surface area (Å²) >= 11 is 13.3. The van der Waals surface area contributed by atoms with Crippen molar-refractivity contribution in [1.29, 1.82) is 0 Å². The van der Waals surface area contributed by atoms with E-state index < -0.39 is 6.03 Å². The number of methoxy groups -OCH3 is 2. The summed E-state index contributed by atoms with van der Waals surface area (Å²) in [5.41, 5.74) is 1.09. The summed E-state index contributed by atoms with van der Waals surface area (Å²) in [5, 5.41) is 6.66. The number of anilines is 2. The van der Waals surface area contributed by atoms with Gasteiger partial charge in [-0.3, -0.25) is 10.3 Å². The van der Waals surface area contributed by atoms with Gasteiger partial charge in [0.05, 0.1) is 36.6 Å². The van der Waals surface area contributed by atoms with Crippen LogP contribution < -0.4 is 24.8 Å². The Morgan fingerprint density at radius 2 is 1.75 bits per heavy atom. The topological polar surface area (TPSA) is 94.6 Å². The molecular formula is C21H16Cl2N4O4S. The van der Waals surface area contributed by atoms with Gasteiger partial charge in [0.2, 0.25) is 0 Å². The lowest BCUT2D eigenvalue weighted by Gasteiger charge is -2.13. The van der Waals surface area contributed by atoms with Crippen molar-refractivity contribution in [2.75, 3.05) is 24.9 Å². The first-order chi connectivity index (χ1) is 15.5. The summed E-state index contributed by atoms with van der Waals surface area (Å²) in [6.07, 6.45) is 3.09. The number of urea groups is 1. The summed E-state index contributed by atoms with van der Waals surface area (Å²) in [5.74, 6) is 2.17. The number of aromatic nitrogens is 2. The molecule has 2 N–H and O–H groups in total. The van der Waals surface area contributed by atoms with Crippen LogP contribution in [0.2, 0.25) is 9.36 Å². The lowest BCUT2D eigenvalue weighted by atomic mass is 10.2. The summed E-state index contributed by atoms with van der Waals surface area (Å²) < 4.78 is 17.2. The van der Waals surface area contributed by atoms with Crippen molar-refractivity contribution in [1.82, 2.24) is 9.97 Å². The summed E-state index contributed by atoms with van der Waals surface area (Å²) in [6, 6.07) is 9.74. The molecular weight excluding hydrogens is 475 g/mol. The van der Waals surface area contributed by atoms with Crippen LogP contribution in [0.25, 0.3) is 10.9 Å². The van der Waals surface area contributed by atoms with E-state index in [1.54, 1.807) is 56.8 Å². The Morgan fingerprint density at radius 1 is 0.969 bits per heavy atom. The fourth-order valence-corrected chi connectivity index (χ4v) is 3.91. The predicted molar refractivity (Wildman–Crippen MR) is 126 cm³/mol. The number of nitrogens with one attached hydrogen (secondary N) is 2. The van der Waals surface area contributed by atoms with Gasteiger partial charge in [-0.15, -0.1) is 0 Å². The third-order valence-electron chi connectivity index (χ3n) is 4.32. The number of nitrogens with zero attached hydrogens (tertiary/aromatic N) is 2. The van der Waals surface area contributed by atoms with E-state index >= 15 is 0 Å². The molecule has 0 aliphatic heterocycles. The predicted octanol–water partition coefficient (Wildman–Crippen LogP) is 6.45. The van der Waals surface area contributed by atoms with Crippen LogP contribution in [0.3, 0.4) is 0 Å². The summed E-state index contributed by atoms with van der Waals surface area (Å²) in [7, 11) is 3.12. The molecule has 0 unspecified atom stereocenters. The average molecular weight is 491 g/mol. The number of rotatable bonds is 6. The maximum absolute atomic E-state index is 12.2. The summed E-state index contributed by atoms with van der Waals surface area (Å²) in [4.78, 5) is 20.5. The third-order valence-corrected chi connectivity index (χ3v) is 5.66. The van der Waals surface area contributed by atoms with E-state index in [1.807, 2.05) is 0 Å². The molecule has 32 heavy (non-hydrogen) atoms. The number of halogens is 2. The second-order valence-corrected chi connectivity index (χ2v) is 8.39. The number of fused-ring (bicyclic) bond motifs is 1. The molecule has 0 bridgehead atoms. The van der Waals surface area contributed by atoms with Gasteiger partial charge in [0.1, 0.15) is 15.8 Å². The molecule has 0 aliphatic rings. The molecule has 2 amide bonds. The van der Waals surface area contributed by atoms with Crippen molar-refractivity contribution in [3.05, 3.63) is 58.2 Å². The van der Waals surface area contributed by atoms with Crippen molar-refractivity contribution in [3.8, 4) is 23.0 Å². The summed E-state index contributed by atoms with van der Waals surface area (Å²) in [6.45, 7) is 0. The number of thiazole rings is 1. The Bertz CT molecular complexity index is 1300. The van der Waals surface area contributed by atoms with Crippen LogP contribution in [-0.4, -0.2) is 30.2 Å². The monoisotopic (exact) mass is 490 g/mol.